The maximum absolute atomic E-state index is 12.1. The summed E-state index contributed by atoms with van der Waals surface area (Å²) in [7, 11) is 0. The minimum absolute atomic E-state index is 0.00188. The average Bonchev–Trinajstić information content (AvgIpc) is 2.74. The zero-order chi connectivity index (χ0) is 12.5. The van der Waals surface area contributed by atoms with Crippen molar-refractivity contribution in [1.29, 1.82) is 0 Å². The van der Waals surface area contributed by atoms with E-state index in [1.54, 1.807) is 6.20 Å². The Bertz CT molecular complexity index is 385. The van der Waals surface area contributed by atoms with E-state index in [0.29, 0.717) is 6.42 Å². The lowest BCUT2D eigenvalue weighted by atomic mass is 9.79. The molecule has 5 nitrogen and oxygen atoms in total. The lowest BCUT2D eigenvalue weighted by Crippen LogP contribution is -2.54. The van der Waals surface area contributed by atoms with Crippen LogP contribution in [0.2, 0.25) is 0 Å². The number of piperidine rings is 1. The second kappa shape index (κ2) is 4.49. The van der Waals surface area contributed by atoms with Gasteiger partial charge >= 0.3 is 0 Å². The van der Waals surface area contributed by atoms with Gasteiger partial charge < -0.3 is 10.6 Å². The molecular weight excluding hydrogens is 216 g/mol. The first kappa shape index (κ1) is 12.1. The number of aromatic nitrogens is 2. The van der Waals surface area contributed by atoms with Crippen molar-refractivity contribution in [1.82, 2.24) is 15.1 Å². The summed E-state index contributed by atoms with van der Waals surface area (Å²) in [4.78, 5) is 14.0. The predicted molar refractivity (Wildman–Crippen MR) is 65.2 cm³/mol. The van der Waals surface area contributed by atoms with Crippen LogP contribution in [0.5, 0.6) is 0 Å². The SMILES string of the molecule is CC1(C)CN(C(=O)Cc2ccn[nH]2)CCC1N. The molecular formula is C12H20N4O. The fraction of sp³-hybridized carbons (Fsp3) is 0.667. The molecule has 1 aromatic rings. The number of aromatic amines is 1. The monoisotopic (exact) mass is 236 g/mol. The number of likely N-dealkylation sites (tertiary alicyclic amines) is 1. The Morgan fingerprint density at radius 1 is 1.71 bits per heavy atom. The van der Waals surface area contributed by atoms with Crippen LogP contribution >= 0.6 is 0 Å². The second-order valence-corrected chi connectivity index (χ2v) is 5.46. The maximum Gasteiger partial charge on any atom is 0.228 e. The standard InChI is InChI=1S/C12H20N4O/c1-12(2)8-16(6-4-10(12)13)11(17)7-9-3-5-14-15-9/h3,5,10H,4,6-8,13H2,1-2H3,(H,14,15). The molecule has 1 atom stereocenters. The molecule has 3 N–H and O–H groups in total. The molecule has 1 aliphatic rings. The zero-order valence-corrected chi connectivity index (χ0v) is 10.4. The molecule has 1 amide bonds. The number of carbonyl (C=O) groups is 1. The van der Waals surface area contributed by atoms with Crippen LogP contribution in [-0.4, -0.2) is 40.1 Å². The first-order valence-corrected chi connectivity index (χ1v) is 6.00. The quantitative estimate of drug-likeness (QED) is 0.787. The number of nitrogens with zero attached hydrogens (tertiary/aromatic N) is 2. The molecule has 1 fully saturated rings. The Kier molecular flexibility index (Phi) is 3.19. The van der Waals surface area contributed by atoms with Crippen LogP contribution in [0.1, 0.15) is 26.0 Å². The molecule has 0 saturated carbocycles. The summed E-state index contributed by atoms with van der Waals surface area (Å²) in [6, 6.07) is 2.01. The van der Waals surface area contributed by atoms with E-state index in [0.717, 1.165) is 25.2 Å². The lowest BCUT2D eigenvalue weighted by Gasteiger charge is -2.42. The van der Waals surface area contributed by atoms with Gasteiger partial charge in [0.2, 0.25) is 5.91 Å². The summed E-state index contributed by atoms with van der Waals surface area (Å²) in [6.07, 6.45) is 2.94. The maximum atomic E-state index is 12.1. The lowest BCUT2D eigenvalue weighted by molar-refractivity contribution is -0.133. The summed E-state index contributed by atoms with van der Waals surface area (Å²) in [5.74, 6) is 0.147. The number of carbonyl (C=O) groups excluding carboxylic acids is 1. The molecule has 1 aromatic heterocycles. The molecule has 0 aliphatic carbocycles. The van der Waals surface area contributed by atoms with Gasteiger partial charge in [0.05, 0.1) is 6.42 Å². The van der Waals surface area contributed by atoms with Gasteiger partial charge in [-0.2, -0.15) is 5.10 Å². The molecule has 17 heavy (non-hydrogen) atoms. The van der Waals surface area contributed by atoms with Crippen LogP contribution in [0.15, 0.2) is 12.3 Å². The van der Waals surface area contributed by atoms with Crippen LogP contribution in [0, 0.1) is 5.41 Å². The molecule has 0 spiro atoms. The van der Waals surface area contributed by atoms with Crippen LogP contribution in [0.4, 0.5) is 0 Å². The Morgan fingerprint density at radius 2 is 2.47 bits per heavy atom. The van der Waals surface area contributed by atoms with E-state index >= 15 is 0 Å². The number of hydrogen-bond acceptors (Lipinski definition) is 3. The Balaban J connectivity index is 1.97. The summed E-state index contributed by atoms with van der Waals surface area (Å²) in [5.41, 5.74) is 6.92. The normalized spacial score (nSPS) is 23.7. The van der Waals surface area contributed by atoms with E-state index < -0.39 is 0 Å². The second-order valence-electron chi connectivity index (χ2n) is 5.46. The largest absolute Gasteiger partial charge is 0.342 e. The average molecular weight is 236 g/mol. The van der Waals surface area contributed by atoms with Gasteiger partial charge in [0.15, 0.2) is 0 Å². The van der Waals surface area contributed by atoms with E-state index in [1.807, 2.05) is 11.0 Å². The van der Waals surface area contributed by atoms with Crippen LogP contribution < -0.4 is 5.73 Å². The van der Waals surface area contributed by atoms with Gasteiger partial charge in [-0.1, -0.05) is 13.8 Å². The smallest absolute Gasteiger partial charge is 0.228 e. The molecule has 2 rings (SSSR count). The van der Waals surface area contributed by atoms with Crippen molar-refractivity contribution < 1.29 is 4.79 Å². The van der Waals surface area contributed by atoms with Gasteiger partial charge in [-0.15, -0.1) is 0 Å². The fourth-order valence-corrected chi connectivity index (χ4v) is 2.24. The van der Waals surface area contributed by atoms with Crippen molar-refractivity contribution >= 4 is 5.91 Å². The van der Waals surface area contributed by atoms with Gasteiger partial charge in [-0.05, 0) is 17.9 Å². The van der Waals surface area contributed by atoms with Gasteiger partial charge in [-0.25, -0.2) is 0 Å². The summed E-state index contributed by atoms with van der Waals surface area (Å²) in [5, 5.41) is 6.66. The number of amides is 1. The van der Waals surface area contributed by atoms with Crippen molar-refractivity contribution in [3.63, 3.8) is 0 Å². The first-order chi connectivity index (χ1) is 7.99. The molecule has 94 valence electrons. The van der Waals surface area contributed by atoms with Gasteiger partial charge in [-0.3, -0.25) is 9.89 Å². The van der Waals surface area contributed by atoms with E-state index in [1.165, 1.54) is 0 Å². The number of hydrogen-bond donors (Lipinski definition) is 2. The van der Waals surface area contributed by atoms with Crippen LogP contribution in [0.25, 0.3) is 0 Å². The van der Waals surface area contributed by atoms with E-state index in [9.17, 15) is 4.79 Å². The van der Waals surface area contributed by atoms with Gasteiger partial charge in [0, 0.05) is 31.0 Å². The molecule has 0 aromatic carbocycles. The highest BCUT2D eigenvalue weighted by atomic mass is 16.2. The molecule has 0 radical (unpaired) electrons. The molecule has 1 aliphatic heterocycles. The Morgan fingerprint density at radius 3 is 3.06 bits per heavy atom. The Hall–Kier alpha value is -1.36. The van der Waals surface area contributed by atoms with E-state index in [-0.39, 0.29) is 17.4 Å². The highest BCUT2D eigenvalue weighted by Crippen LogP contribution is 2.27. The van der Waals surface area contributed by atoms with Crippen molar-refractivity contribution in [3.05, 3.63) is 18.0 Å². The molecule has 5 heteroatoms. The van der Waals surface area contributed by atoms with Crippen molar-refractivity contribution in [2.24, 2.45) is 11.1 Å². The number of nitrogens with one attached hydrogen (secondary N) is 1. The topological polar surface area (TPSA) is 75.0 Å². The van der Waals surface area contributed by atoms with Crippen molar-refractivity contribution in [2.75, 3.05) is 13.1 Å². The number of rotatable bonds is 2. The fourth-order valence-electron chi connectivity index (χ4n) is 2.24. The first-order valence-electron chi connectivity index (χ1n) is 6.00. The van der Waals surface area contributed by atoms with Gasteiger partial charge in [0.25, 0.3) is 0 Å². The third-order valence-corrected chi connectivity index (χ3v) is 3.56. The molecule has 2 heterocycles. The summed E-state index contributed by atoms with van der Waals surface area (Å²) >= 11 is 0. The van der Waals surface area contributed by atoms with Gasteiger partial charge in [0.1, 0.15) is 0 Å². The number of nitrogens with two attached hydrogens (primary N) is 1. The van der Waals surface area contributed by atoms with Crippen LogP contribution in [0.3, 0.4) is 0 Å². The molecule has 0 bridgehead atoms. The molecule has 1 unspecified atom stereocenters. The zero-order valence-electron chi connectivity index (χ0n) is 10.4. The third kappa shape index (κ3) is 2.66. The van der Waals surface area contributed by atoms with Crippen molar-refractivity contribution in [2.45, 2.75) is 32.7 Å². The highest BCUT2D eigenvalue weighted by molar-refractivity contribution is 5.78. The summed E-state index contributed by atoms with van der Waals surface area (Å²) in [6.45, 7) is 5.74. The minimum Gasteiger partial charge on any atom is -0.342 e. The van der Waals surface area contributed by atoms with Crippen LogP contribution in [-0.2, 0) is 11.2 Å². The number of H-pyrrole nitrogens is 1. The predicted octanol–water partition coefficient (Wildman–Crippen LogP) is 0.538. The van der Waals surface area contributed by atoms with E-state index in [4.69, 9.17) is 5.73 Å². The van der Waals surface area contributed by atoms with E-state index in [2.05, 4.69) is 24.0 Å². The molecule has 1 saturated heterocycles. The third-order valence-electron chi connectivity index (χ3n) is 3.56. The highest BCUT2D eigenvalue weighted by Gasteiger charge is 2.35. The van der Waals surface area contributed by atoms with Crippen molar-refractivity contribution in [3.8, 4) is 0 Å². The minimum atomic E-state index is 0.00188. The Labute approximate surface area is 101 Å². The summed E-state index contributed by atoms with van der Waals surface area (Å²) < 4.78 is 0.